The fourth-order valence-corrected chi connectivity index (χ4v) is 1.43. The van der Waals surface area contributed by atoms with Crippen molar-refractivity contribution >= 4 is 11.6 Å². The van der Waals surface area contributed by atoms with Crippen molar-refractivity contribution in [1.82, 2.24) is 0 Å². The third kappa shape index (κ3) is 5.95. The molecule has 0 fully saturated rings. The average Bonchev–Trinajstić information content (AvgIpc) is 2.36. The highest BCUT2D eigenvalue weighted by Gasteiger charge is 2.00. The predicted molar refractivity (Wildman–Crippen MR) is 75.2 cm³/mol. The summed E-state index contributed by atoms with van der Waals surface area (Å²) in [6.07, 6.45) is 0.916. The Morgan fingerprint density at radius 2 is 2.00 bits per heavy atom. The molecule has 0 unspecified atom stereocenters. The van der Waals surface area contributed by atoms with Crippen LogP contribution in [0.2, 0.25) is 0 Å². The van der Waals surface area contributed by atoms with Crippen molar-refractivity contribution in [3.05, 3.63) is 29.8 Å². The van der Waals surface area contributed by atoms with E-state index in [9.17, 15) is 0 Å². The summed E-state index contributed by atoms with van der Waals surface area (Å²) < 4.78 is 11.1. The molecule has 0 aliphatic heterocycles. The Bertz CT molecular complexity index is 404. The summed E-state index contributed by atoms with van der Waals surface area (Å²) >= 11 is 5.59. The Morgan fingerprint density at radius 3 is 2.72 bits per heavy atom. The van der Waals surface area contributed by atoms with Gasteiger partial charge in [0.15, 0.2) is 0 Å². The molecular formula is C15H19ClO2. The number of hydrogen-bond donors (Lipinski definition) is 0. The Kier molecular flexibility index (Phi) is 7.32. The Balaban J connectivity index is 2.52. The summed E-state index contributed by atoms with van der Waals surface area (Å²) in [6.45, 7) is 5.13. The topological polar surface area (TPSA) is 18.5 Å². The summed E-state index contributed by atoms with van der Waals surface area (Å²) in [7, 11) is 0. The van der Waals surface area contributed by atoms with E-state index in [-0.39, 0.29) is 6.10 Å². The van der Waals surface area contributed by atoms with Crippen LogP contribution in [0, 0.1) is 11.8 Å². The van der Waals surface area contributed by atoms with Crippen molar-refractivity contribution in [2.24, 2.45) is 0 Å². The van der Waals surface area contributed by atoms with Gasteiger partial charge in [0.05, 0.1) is 18.3 Å². The van der Waals surface area contributed by atoms with Crippen LogP contribution in [0.25, 0.3) is 0 Å². The van der Waals surface area contributed by atoms with Gasteiger partial charge in [-0.25, -0.2) is 0 Å². The van der Waals surface area contributed by atoms with E-state index in [1.807, 2.05) is 38.1 Å². The second-order valence-electron chi connectivity index (χ2n) is 4.00. The average molecular weight is 267 g/mol. The highest BCUT2D eigenvalue weighted by Crippen LogP contribution is 2.16. The highest BCUT2D eigenvalue weighted by molar-refractivity contribution is 6.18. The van der Waals surface area contributed by atoms with Crippen molar-refractivity contribution < 1.29 is 9.47 Å². The van der Waals surface area contributed by atoms with E-state index in [0.29, 0.717) is 25.5 Å². The first kappa shape index (κ1) is 14.9. The molecule has 1 aromatic rings. The first-order valence-corrected chi connectivity index (χ1v) is 6.65. The van der Waals surface area contributed by atoms with E-state index >= 15 is 0 Å². The third-order valence-corrected chi connectivity index (χ3v) is 2.31. The van der Waals surface area contributed by atoms with Crippen molar-refractivity contribution in [2.45, 2.75) is 26.4 Å². The van der Waals surface area contributed by atoms with Crippen LogP contribution >= 0.6 is 11.6 Å². The minimum absolute atomic E-state index is 0.229. The van der Waals surface area contributed by atoms with Crippen molar-refractivity contribution in [1.29, 1.82) is 0 Å². The van der Waals surface area contributed by atoms with E-state index in [1.54, 1.807) is 0 Å². The largest absolute Gasteiger partial charge is 0.490 e. The van der Waals surface area contributed by atoms with Crippen LogP contribution in [0.15, 0.2) is 24.3 Å². The molecule has 0 saturated heterocycles. The number of hydrogen-bond acceptors (Lipinski definition) is 2. The number of alkyl halides is 1. The summed E-state index contributed by atoms with van der Waals surface area (Å²) in [5.74, 6) is 7.42. The van der Waals surface area contributed by atoms with Crippen LogP contribution in [0.5, 0.6) is 5.75 Å². The maximum Gasteiger partial charge on any atom is 0.135 e. The molecule has 2 nitrogen and oxygen atoms in total. The Labute approximate surface area is 114 Å². The summed E-state index contributed by atoms with van der Waals surface area (Å²) in [4.78, 5) is 0. The Hall–Kier alpha value is -1.17. The third-order valence-electron chi connectivity index (χ3n) is 2.12. The molecule has 0 aliphatic carbocycles. The van der Waals surface area contributed by atoms with Crippen LogP contribution < -0.4 is 4.74 Å². The van der Waals surface area contributed by atoms with E-state index in [1.165, 1.54) is 0 Å². The number of para-hydroxylation sites is 1. The first-order chi connectivity index (χ1) is 8.74. The lowest BCUT2D eigenvalue weighted by atomic mass is 10.2. The Morgan fingerprint density at radius 1 is 1.22 bits per heavy atom. The zero-order chi connectivity index (χ0) is 13.2. The van der Waals surface area contributed by atoms with Crippen LogP contribution in [0.3, 0.4) is 0 Å². The summed E-state index contributed by atoms with van der Waals surface area (Å²) in [5.41, 5.74) is 0.896. The number of benzene rings is 1. The van der Waals surface area contributed by atoms with Crippen LogP contribution in [0.1, 0.15) is 25.8 Å². The van der Waals surface area contributed by atoms with E-state index in [4.69, 9.17) is 21.1 Å². The maximum absolute atomic E-state index is 5.66. The van der Waals surface area contributed by atoms with E-state index < -0.39 is 0 Å². The smallest absolute Gasteiger partial charge is 0.135 e. The van der Waals surface area contributed by atoms with Gasteiger partial charge >= 0.3 is 0 Å². The van der Waals surface area contributed by atoms with Gasteiger partial charge in [-0.05, 0) is 26.0 Å². The monoisotopic (exact) mass is 266 g/mol. The van der Waals surface area contributed by atoms with E-state index in [2.05, 4.69) is 11.8 Å². The van der Waals surface area contributed by atoms with Gasteiger partial charge in [0.25, 0.3) is 0 Å². The molecule has 0 saturated carbocycles. The molecule has 0 atom stereocenters. The number of halogens is 1. The standard InChI is InChI=1S/C15H19ClO2/c1-13(2)17-11-12-18-15-9-4-3-7-14(15)8-5-6-10-16/h3-4,7,9,13H,6,10-12H2,1-2H3. The summed E-state index contributed by atoms with van der Waals surface area (Å²) in [5, 5.41) is 0. The number of ether oxygens (including phenoxy) is 2. The van der Waals surface area contributed by atoms with Gasteiger partial charge in [0.1, 0.15) is 12.4 Å². The molecule has 0 heterocycles. The maximum atomic E-state index is 5.66. The highest BCUT2D eigenvalue weighted by atomic mass is 35.5. The molecular weight excluding hydrogens is 248 g/mol. The predicted octanol–water partition coefficient (Wildman–Crippen LogP) is 3.47. The molecule has 98 valence electrons. The minimum atomic E-state index is 0.229. The molecule has 0 radical (unpaired) electrons. The molecule has 1 rings (SSSR count). The molecule has 0 spiro atoms. The van der Waals surface area contributed by atoms with Crippen LogP contribution in [-0.4, -0.2) is 25.2 Å². The molecule has 0 aromatic heterocycles. The second-order valence-corrected chi connectivity index (χ2v) is 4.38. The first-order valence-electron chi connectivity index (χ1n) is 6.12. The molecule has 0 amide bonds. The van der Waals surface area contributed by atoms with Gasteiger partial charge in [0.2, 0.25) is 0 Å². The quantitative estimate of drug-likeness (QED) is 0.446. The van der Waals surface area contributed by atoms with Crippen LogP contribution in [-0.2, 0) is 4.74 Å². The molecule has 3 heteroatoms. The molecule has 18 heavy (non-hydrogen) atoms. The normalized spacial score (nSPS) is 10.0. The van der Waals surface area contributed by atoms with E-state index in [0.717, 1.165) is 11.3 Å². The molecule has 0 bridgehead atoms. The SMILES string of the molecule is CC(C)OCCOc1ccccc1C#CCCCl. The fourth-order valence-electron chi connectivity index (χ4n) is 1.34. The van der Waals surface area contributed by atoms with Crippen molar-refractivity contribution in [3.63, 3.8) is 0 Å². The molecule has 1 aromatic carbocycles. The van der Waals surface area contributed by atoms with Gasteiger partial charge in [0, 0.05) is 12.3 Å². The van der Waals surface area contributed by atoms with Gasteiger partial charge in [-0.2, -0.15) is 0 Å². The van der Waals surface area contributed by atoms with Crippen LogP contribution in [0.4, 0.5) is 0 Å². The van der Waals surface area contributed by atoms with Crippen molar-refractivity contribution in [3.8, 4) is 17.6 Å². The molecule has 0 N–H and O–H groups in total. The lowest BCUT2D eigenvalue weighted by Gasteiger charge is -2.10. The zero-order valence-corrected chi connectivity index (χ0v) is 11.7. The molecule has 0 aliphatic rings. The summed E-state index contributed by atoms with van der Waals surface area (Å²) in [6, 6.07) is 7.74. The number of rotatable bonds is 6. The van der Waals surface area contributed by atoms with Gasteiger partial charge in [-0.1, -0.05) is 24.0 Å². The van der Waals surface area contributed by atoms with Crippen molar-refractivity contribution in [2.75, 3.05) is 19.1 Å². The zero-order valence-electron chi connectivity index (χ0n) is 10.9. The van der Waals surface area contributed by atoms with Gasteiger partial charge < -0.3 is 9.47 Å². The lowest BCUT2D eigenvalue weighted by Crippen LogP contribution is -2.11. The minimum Gasteiger partial charge on any atom is -0.490 e. The second kappa shape index (κ2) is 8.85. The fraction of sp³-hybridized carbons (Fsp3) is 0.467. The lowest BCUT2D eigenvalue weighted by molar-refractivity contribution is 0.0552. The van der Waals surface area contributed by atoms with Gasteiger partial charge in [-0.15, -0.1) is 11.6 Å². The van der Waals surface area contributed by atoms with Gasteiger partial charge in [-0.3, -0.25) is 0 Å².